The average molecular weight is 424 g/mol. The lowest BCUT2D eigenvalue weighted by molar-refractivity contribution is -0.146. The molecule has 4 rings (SSSR count). The lowest BCUT2D eigenvalue weighted by Gasteiger charge is -2.18. The van der Waals surface area contributed by atoms with E-state index in [4.69, 9.17) is 4.74 Å². The molecule has 1 aliphatic rings. The zero-order valence-electron chi connectivity index (χ0n) is 17.2. The molecule has 9 heteroatoms. The number of nitrogens with zero attached hydrogens (tertiary/aromatic N) is 3. The van der Waals surface area contributed by atoms with Gasteiger partial charge in [0.05, 0.1) is 0 Å². The molecule has 0 radical (unpaired) electrons. The number of aliphatic hydroxyl groups excluding tert-OH is 2. The first-order valence-corrected chi connectivity index (χ1v) is 9.89. The second-order valence-corrected chi connectivity index (χ2v) is 7.66. The molecule has 31 heavy (non-hydrogen) atoms. The Morgan fingerprint density at radius 2 is 1.87 bits per heavy atom. The molecule has 0 aliphatic carbocycles. The predicted molar refractivity (Wildman–Crippen MR) is 114 cm³/mol. The molecule has 2 unspecified atom stereocenters. The van der Waals surface area contributed by atoms with Gasteiger partial charge in [0.2, 0.25) is 0 Å². The van der Waals surface area contributed by atoms with Gasteiger partial charge in [0.1, 0.15) is 18.0 Å². The molecule has 162 valence electrons. The summed E-state index contributed by atoms with van der Waals surface area (Å²) < 4.78 is 6.57. The van der Waals surface area contributed by atoms with E-state index >= 15 is 0 Å². The highest BCUT2D eigenvalue weighted by Crippen LogP contribution is 2.29. The number of ether oxygens (including phenoxy) is 1. The normalized spacial score (nSPS) is 23.1. The Kier molecular flexibility index (Phi) is 5.73. The van der Waals surface area contributed by atoms with E-state index in [-0.39, 0.29) is 0 Å². The van der Waals surface area contributed by atoms with Gasteiger partial charge < -0.3 is 25.2 Å². The van der Waals surface area contributed by atoms with E-state index in [1.54, 1.807) is 6.07 Å². The van der Waals surface area contributed by atoms with Gasteiger partial charge in [0.25, 0.3) is 5.91 Å². The summed E-state index contributed by atoms with van der Waals surface area (Å²) >= 11 is 0. The summed E-state index contributed by atoms with van der Waals surface area (Å²) in [6, 6.07) is 15.6. The molecular weight excluding hydrogens is 400 g/mol. The second kappa shape index (κ2) is 8.46. The van der Waals surface area contributed by atoms with Crippen molar-refractivity contribution < 1.29 is 19.7 Å². The molecular formula is C22H24N4O5. The maximum absolute atomic E-state index is 12.6. The van der Waals surface area contributed by atoms with Crippen LogP contribution in [0.1, 0.15) is 11.8 Å². The van der Waals surface area contributed by atoms with Crippen LogP contribution in [0.3, 0.4) is 0 Å². The second-order valence-electron chi connectivity index (χ2n) is 7.66. The number of anilines is 1. The molecule has 9 nitrogen and oxygen atoms in total. The highest BCUT2D eigenvalue weighted by molar-refractivity contribution is 5.85. The first kappa shape index (κ1) is 21.0. The highest BCUT2D eigenvalue weighted by Gasteiger charge is 2.48. The molecule has 1 amide bonds. The van der Waals surface area contributed by atoms with Crippen LogP contribution < -0.4 is 11.0 Å². The number of rotatable bonds is 5. The summed E-state index contributed by atoms with van der Waals surface area (Å²) in [7, 11) is 3.03. The monoisotopic (exact) mass is 424 g/mol. The van der Waals surface area contributed by atoms with E-state index in [9.17, 15) is 19.8 Å². The van der Waals surface area contributed by atoms with Crippen molar-refractivity contribution in [1.82, 2.24) is 14.5 Å². The number of hydrogen-bond acceptors (Lipinski definition) is 7. The Balaban J connectivity index is 1.51. The first-order chi connectivity index (χ1) is 14.9. The van der Waals surface area contributed by atoms with E-state index in [1.807, 2.05) is 42.5 Å². The van der Waals surface area contributed by atoms with Crippen molar-refractivity contribution in [3.05, 3.63) is 70.8 Å². The zero-order chi connectivity index (χ0) is 22.1. The Morgan fingerprint density at radius 1 is 1.13 bits per heavy atom. The standard InChI is InChI=1S/C22H24N4O5/c1-25(2)20(29)19-17(27)18(28)21(31-19)26-11-10-16(24-22(26)30)23-12-14-8-5-7-13-6-3-4-9-15(13)14/h3-11,17-19,21,27-28H,12H2,1-2H3,(H,23,24,30)/t17?,18?,19-,21+/m0/s1. The Bertz CT molecular complexity index is 1160. The van der Waals surface area contributed by atoms with Gasteiger partial charge >= 0.3 is 5.69 Å². The molecule has 1 aliphatic heterocycles. The van der Waals surface area contributed by atoms with Gasteiger partial charge in [-0.15, -0.1) is 0 Å². The minimum Gasteiger partial charge on any atom is -0.387 e. The van der Waals surface area contributed by atoms with Gasteiger partial charge in [0.15, 0.2) is 12.3 Å². The number of aliphatic hydroxyl groups is 2. The fraction of sp³-hybridized carbons (Fsp3) is 0.318. The van der Waals surface area contributed by atoms with Gasteiger partial charge in [-0.05, 0) is 22.4 Å². The number of likely N-dealkylation sites (N-methyl/N-ethyl adjacent to an activating group) is 1. The van der Waals surface area contributed by atoms with Crippen LogP contribution in [0.2, 0.25) is 0 Å². The maximum atomic E-state index is 12.6. The molecule has 0 saturated carbocycles. The molecule has 3 N–H and O–H groups in total. The van der Waals surface area contributed by atoms with Crippen LogP contribution in [0.25, 0.3) is 10.8 Å². The maximum Gasteiger partial charge on any atom is 0.351 e. The summed E-state index contributed by atoms with van der Waals surface area (Å²) in [5.74, 6) is -0.133. The Morgan fingerprint density at radius 3 is 2.61 bits per heavy atom. The van der Waals surface area contributed by atoms with E-state index in [0.29, 0.717) is 12.4 Å². The number of nitrogens with one attached hydrogen (secondary N) is 1. The summed E-state index contributed by atoms with van der Waals surface area (Å²) in [6.07, 6.45) is -3.94. The van der Waals surface area contributed by atoms with E-state index < -0.39 is 36.1 Å². The predicted octanol–water partition coefficient (Wildman–Crippen LogP) is 0.716. The van der Waals surface area contributed by atoms with Crippen molar-refractivity contribution in [1.29, 1.82) is 0 Å². The smallest absolute Gasteiger partial charge is 0.351 e. The summed E-state index contributed by atoms with van der Waals surface area (Å²) in [5.41, 5.74) is 0.393. The average Bonchev–Trinajstić information content (AvgIpc) is 3.06. The number of hydrogen-bond donors (Lipinski definition) is 3. The number of amides is 1. The molecule has 2 heterocycles. The molecule has 2 aromatic carbocycles. The van der Waals surface area contributed by atoms with Crippen LogP contribution in [-0.2, 0) is 16.1 Å². The number of fused-ring (bicyclic) bond motifs is 1. The third kappa shape index (κ3) is 4.02. The lowest BCUT2D eigenvalue weighted by atomic mass is 10.0. The SMILES string of the molecule is CN(C)C(=O)[C@H]1O[C@@H](n2ccc(NCc3cccc4ccccc34)nc2=O)C(O)C1O. The summed E-state index contributed by atoms with van der Waals surface area (Å²) in [4.78, 5) is 30.0. The van der Waals surface area contributed by atoms with Gasteiger partial charge in [-0.25, -0.2) is 4.79 Å². The van der Waals surface area contributed by atoms with Gasteiger partial charge in [0, 0.05) is 26.8 Å². The fourth-order valence-corrected chi connectivity index (χ4v) is 3.69. The molecule has 4 atom stereocenters. The minimum atomic E-state index is -1.45. The summed E-state index contributed by atoms with van der Waals surface area (Å²) in [5, 5.41) is 25.9. The molecule has 0 bridgehead atoms. The number of carbonyl (C=O) groups is 1. The van der Waals surface area contributed by atoms with Crippen LogP contribution >= 0.6 is 0 Å². The van der Waals surface area contributed by atoms with Crippen molar-refractivity contribution in [3.63, 3.8) is 0 Å². The van der Waals surface area contributed by atoms with Gasteiger partial charge in [-0.2, -0.15) is 4.98 Å². The molecule has 0 spiro atoms. The van der Waals surface area contributed by atoms with E-state index in [0.717, 1.165) is 20.9 Å². The highest BCUT2D eigenvalue weighted by atomic mass is 16.6. The van der Waals surface area contributed by atoms with Crippen molar-refractivity contribution in [2.24, 2.45) is 0 Å². The fourth-order valence-electron chi connectivity index (χ4n) is 3.69. The van der Waals surface area contributed by atoms with Crippen LogP contribution in [0.5, 0.6) is 0 Å². The number of benzene rings is 2. The van der Waals surface area contributed by atoms with Crippen LogP contribution in [0.15, 0.2) is 59.5 Å². The molecule has 1 fully saturated rings. The van der Waals surface area contributed by atoms with E-state index in [1.165, 1.54) is 25.2 Å². The van der Waals surface area contributed by atoms with Crippen LogP contribution in [-0.4, -0.2) is 63.0 Å². The van der Waals surface area contributed by atoms with Crippen LogP contribution in [0.4, 0.5) is 5.82 Å². The van der Waals surface area contributed by atoms with Gasteiger partial charge in [-0.1, -0.05) is 42.5 Å². The number of aromatic nitrogens is 2. The third-order valence-electron chi connectivity index (χ3n) is 5.37. The zero-order valence-corrected chi connectivity index (χ0v) is 17.2. The summed E-state index contributed by atoms with van der Waals surface area (Å²) in [6.45, 7) is 0.471. The van der Waals surface area contributed by atoms with Crippen molar-refractivity contribution in [2.45, 2.75) is 31.1 Å². The van der Waals surface area contributed by atoms with Crippen molar-refractivity contribution in [3.8, 4) is 0 Å². The largest absolute Gasteiger partial charge is 0.387 e. The number of carbonyl (C=O) groups excluding carboxylic acids is 1. The van der Waals surface area contributed by atoms with E-state index in [2.05, 4.69) is 10.3 Å². The quantitative estimate of drug-likeness (QED) is 0.552. The lowest BCUT2D eigenvalue weighted by Crippen LogP contribution is -2.42. The topological polar surface area (TPSA) is 117 Å². The van der Waals surface area contributed by atoms with Crippen LogP contribution in [0, 0.1) is 0 Å². The molecule has 1 aromatic heterocycles. The molecule has 3 aromatic rings. The van der Waals surface area contributed by atoms with Crippen molar-refractivity contribution in [2.75, 3.05) is 19.4 Å². The molecule has 1 saturated heterocycles. The van der Waals surface area contributed by atoms with Crippen molar-refractivity contribution >= 4 is 22.5 Å². The first-order valence-electron chi connectivity index (χ1n) is 9.89. The minimum absolute atomic E-state index is 0.364. The Hall–Kier alpha value is -3.27. The third-order valence-corrected chi connectivity index (χ3v) is 5.37. The van der Waals surface area contributed by atoms with Gasteiger partial charge in [-0.3, -0.25) is 9.36 Å². The Labute approximate surface area is 178 Å².